The van der Waals surface area contributed by atoms with E-state index >= 15 is 0 Å². The molecule has 0 aliphatic heterocycles. The minimum Gasteiger partial charge on any atom is -0.384 e. The zero-order valence-corrected chi connectivity index (χ0v) is 9.86. The second kappa shape index (κ2) is 5.95. The van der Waals surface area contributed by atoms with E-state index in [1.54, 1.807) is 19.4 Å². The van der Waals surface area contributed by atoms with Crippen molar-refractivity contribution in [1.82, 2.24) is 4.98 Å². The Morgan fingerprint density at radius 2 is 2.47 bits per heavy atom. The summed E-state index contributed by atoms with van der Waals surface area (Å²) in [5.74, 6) is 0.723. The van der Waals surface area contributed by atoms with Crippen LogP contribution in [-0.2, 0) is 4.74 Å². The summed E-state index contributed by atoms with van der Waals surface area (Å²) in [4.78, 5) is 4.12. The molecule has 1 heterocycles. The van der Waals surface area contributed by atoms with Gasteiger partial charge < -0.3 is 10.5 Å². The minimum absolute atomic E-state index is 0.0454. The van der Waals surface area contributed by atoms with Crippen LogP contribution in [0.3, 0.4) is 0 Å². The highest BCUT2D eigenvalue weighted by Crippen LogP contribution is 2.27. The average Bonchev–Trinajstić information content (AvgIpc) is 2.20. The van der Waals surface area contributed by atoms with Crippen molar-refractivity contribution in [3.05, 3.63) is 22.8 Å². The normalized spacial score (nSPS) is 10.3. The number of thioether (sulfide) groups is 1. The third-order valence-corrected chi connectivity index (χ3v) is 3.12. The van der Waals surface area contributed by atoms with Crippen molar-refractivity contribution >= 4 is 29.2 Å². The number of pyridine rings is 1. The highest BCUT2D eigenvalue weighted by molar-refractivity contribution is 7.99. The number of ether oxygens (including phenoxy) is 1. The summed E-state index contributed by atoms with van der Waals surface area (Å²) in [6.07, 6.45) is 1.59. The van der Waals surface area contributed by atoms with Gasteiger partial charge in [0.2, 0.25) is 0 Å². The fourth-order valence-corrected chi connectivity index (χ4v) is 2.15. The molecule has 1 rings (SSSR count). The van der Waals surface area contributed by atoms with E-state index in [0.29, 0.717) is 22.2 Å². The zero-order chi connectivity index (χ0) is 11.3. The van der Waals surface area contributed by atoms with Crippen LogP contribution in [0.15, 0.2) is 17.3 Å². The predicted octanol–water partition coefficient (Wildman–Crippen LogP) is 1.76. The van der Waals surface area contributed by atoms with Crippen molar-refractivity contribution in [1.29, 1.82) is 5.41 Å². The maximum Gasteiger partial charge on any atom is 0.124 e. The van der Waals surface area contributed by atoms with E-state index in [4.69, 9.17) is 27.5 Å². The Morgan fingerprint density at radius 3 is 3.07 bits per heavy atom. The van der Waals surface area contributed by atoms with Crippen LogP contribution in [0, 0.1) is 5.41 Å². The maximum absolute atomic E-state index is 7.32. The summed E-state index contributed by atoms with van der Waals surface area (Å²) >= 11 is 7.52. The van der Waals surface area contributed by atoms with Crippen LogP contribution in [0.25, 0.3) is 0 Å². The highest BCUT2D eigenvalue weighted by Gasteiger charge is 2.09. The Morgan fingerprint density at radius 1 is 1.73 bits per heavy atom. The van der Waals surface area contributed by atoms with E-state index in [1.165, 1.54) is 11.8 Å². The topological polar surface area (TPSA) is 72.0 Å². The Balaban J connectivity index is 2.80. The molecule has 0 atom stereocenters. The Bertz CT molecular complexity index is 359. The Hall–Kier alpha value is -0.780. The molecule has 0 aromatic carbocycles. The number of amidine groups is 1. The number of aromatic nitrogens is 1. The van der Waals surface area contributed by atoms with E-state index in [-0.39, 0.29) is 5.84 Å². The van der Waals surface area contributed by atoms with Gasteiger partial charge in [-0.2, -0.15) is 0 Å². The number of nitrogens with two attached hydrogens (primary N) is 1. The van der Waals surface area contributed by atoms with Gasteiger partial charge in [-0.25, -0.2) is 4.98 Å². The largest absolute Gasteiger partial charge is 0.384 e. The minimum atomic E-state index is -0.0454. The maximum atomic E-state index is 7.32. The first-order valence-electron chi connectivity index (χ1n) is 4.27. The molecular formula is C9H12ClN3OS. The van der Waals surface area contributed by atoms with Crippen molar-refractivity contribution in [2.24, 2.45) is 5.73 Å². The molecule has 15 heavy (non-hydrogen) atoms. The number of halogens is 1. The smallest absolute Gasteiger partial charge is 0.124 e. The first kappa shape index (κ1) is 12.3. The van der Waals surface area contributed by atoms with Crippen molar-refractivity contribution in [2.75, 3.05) is 19.5 Å². The number of hydrogen-bond donors (Lipinski definition) is 2. The van der Waals surface area contributed by atoms with Crippen molar-refractivity contribution in [2.45, 2.75) is 5.03 Å². The second-order valence-corrected chi connectivity index (χ2v) is 4.19. The summed E-state index contributed by atoms with van der Waals surface area (Å²) in [7, 11) is 1.64. The van der Waals surface area contributed by atoms with Crippen molar-refractivity contribution < 1.29 is 4.74 Å². The van der Waals surface area contributed by atoms with Crippen LogP contribution in [0.4, 0.5) is 0 Å². The van der Waals surface area contributed by atoms with Crippen LogP contribution >= 0.6 is 23.4 Å². The summed E-state index contributed by atoms with van der Waals surface area (Å²) in [5, 5.41) is 8.44. The summed E-state index contributed by atoms with van der Waals surface area (Å²) in [6.45, 7) is 0.632. The summed E-state index contributed by atoms with van der Waals surface area (Å²) in [5.41, 5.74) is 5.90. The lowest BCUT2D eigenvalue weighted by Crippen LogP contribution is -2.12. The molecule has 0 aliphatic rings. The molecule has 82 valence electrons. The number of methoxy groups -OCH3 is 1. The number of nitrogen functional groups attached to an aromatic ring is 1. The van der Waals surface area contributed by atoms with E-state index < -0.39 is 0 Å². The van der Waals surface area contributed by atoms with Gasteiger partial charge in [-0.15, -0.1) is 11.8 Å². The quantitative estimate of drug-likeness (QED) is 0.359. The molecule has 0 aliphatic carbocycles. The van der Waals surface area contributed by atoms with Gasteiger partial charge in [0.05, 0.1) is 11.6 Å². The lowest BCUT2D eigenvalue weighted by atomic mass is 10.2. The van der Waals surface area contributed by atoms with Crippen molar-refractivity contribution in [3.8, 4) is 0 Å². The fraction of sp³-hybridized carbons (Fsp3) is 0.333. The number of nitrogens with zero attached hydrogens (tertiary/aromatic N) is 1. The fourth-order valence-electron chi connectivity index (χ4n) is 0.955. The predicted molar refractivity (Wildman–Crippen MR) is 62.9 cm³/mol. The summed E-state index contributed by atoms with van der Waals surface area (Å²) < 4.78 is 4.92. The Kier molecular flexibility index (Phi) is 4.87. The van der Waals surface area contributed by atoms with Crippen LogP contribution in [0.5, 0.6) is 0 Å². The van der Waals surface area contributed by atoms with E-state index in [0.717, 1.165) is 5.75 Å². The van der Waals surface area contributed by atoms with Crippen LogP contribution in [-0.4, -0.2) is 30.3 Å². The Labute approximate surface area is 97.7 Å². The molecule has 0 spiro atoms. The number of nitrogens with one attached hydrogen (secondary N) is 1. The first-order chi connectivity index (χ1) is 7.16. The van der Waals surface area contributed by atoms with Crippen molar-refractivity contribution in [3.63, 3.8) is 0 Å². The molecule has 0 radical (unpaired) electrons. The first-order valence-corrected chi connectivity index (χ1v) is 5.63. The van der Waals surface area contributed by atoms with Gasteiger partial charge in [-0.3, -0.25) is 5.41 Å². The third kappa shape index (κ3) is 3.37. The molecule has 0 bridgehead atoms. The van der Waals surface area contributed by atoms with Gasteiger partial charge >= 0.3 is 0 Å². The van der Waals surface area contributed by atoms with E-state index in [9.17, 15) is 0 Å². The molecule has 0 amide bonds. The third-order valence-electron chi connectivity index (χ3n) is 1.67. The molecule has 0 saturated heterocycles. The van der Waals surface area contributed by atoms with Crippen LogP contribution in [0.1, 0.15) is 5.56 Å². The molecule has 1 aromatic heterocycles. The highest BCUT2D eigenvalue weighted by atomic mass is 35.5. The van der Waals surface area contributed by atoms with Gasteiger partial charge in [-0.1, -0.05) is 11.6 Å². The lowest BCUT2D eigenvalue weighted by Gasteiger charge is -2.06. The van der Waals surface area contributed by atoms with Crippen LogP contribution in [0.2, 0.25) is 5.02 Å². The molecule has 0 saturated carbocycles. The zero-order valence-electron chi connectivity index (χ0n) is 8.29. The molecule has 3 N–H and O–H groups in total. The molecular weight excluding hydrogens is 234 g/mol. The van der Waals surface area contributed by atoms with Gasteiger partial charge in [0.15, 0.2) is 0 Å². The summed E-state index contributed by atoms with van der Waals surface area (Å²) in [6, 6.07) is 1.63. The van der Waals surface area contributed by atoms with Gasteiger partial charge in [0, 0.05) is 24.6 Å². The van der Waals surface area contributed by atoms with Gasteiger partial charge in [0.1, 0.15) is 10.9 Å². The monoisotopic (exact) mass is 245 g/mol. The SMILES string of the molecule is COCCSc1nccc(C(=N)N)c1Cl. The standard InChI is InChI=1S/C9H12ClN3OS/c1-14-4-5-15-9-7(10)6(8(11)12)2-3-13-9/h2-3H,4-5H2,1H3,(H3,11,12). The van der Waals surface area contributed by atoms with Gasteiger partial charge in [0.25, 0.3) is 0 Å². The molecule has 1 aromatic rings. The molecule has 0 unspecified atom stereocenters. The average molecular weight is 246 g/mol. The van der Waals surface area contributed by atoms with E-state index in [1.807, 2.05) is 0 Å². The molecule has 6 heteroatoms. The van der Waals surface area contributed by atoms with Crippen LogP contribution < -0.4 is 5.73 Å². The lowest BCUT2D eigenvalue weighted by molar-refractivity contribution is 0.218. The number of hydrogen-bond acceptors (Lipinski definition) is 4. The van der Waals surface area contributed by atoms with Gasteiger partial charge in [-0.05, 0) is 6.07 Å². The molecule has 4 nitrogen and oxygen atoms in total. The number of rotatable bonds is 5. The molecule has 0 fully saturated rings. The van der Waals surface area contributed by atoms with E-state index in [2.05, 4.69) is 4.98 Å². The second-order valence-electron chi connectivity index (χ2n) is 2.73.